The zero-order valence-corrected chi connectivity index (χ0v) is 15.6. The van der Waals surface area contributed by atoms with Gasteiger partial charge in [-0.05, 0) is 17.9 Å². The third-order valence-electron chi connectivity index (χ3n) is 3.83. The standard InChI is InChI=1S/C17H20N8O2/c1-17(2,3)8-11-7-14-19-20-15(13-5-6-27-22-13)25(14)21-16(11)26-10-12-9-24(4)23-18-12/h5-7,9H,8,10H2,1-4H3. The Morgan fingerprint density at radius 3 is 2.70 bits per heavy atom. The van der Waals surface area contributed by atoms with Gasteiger partial charge in [-0.25, -0.2) is 0 Å². The Labute approximate surface area is 155 Å². The summed E-state index contributed by atoms with van der Waals surface area (Å²) in [4.78, 5) is 0. The van der Waals surface area contributed by atoms with Gasteiger partial charge in [0.2, 0.25) is 11.7 Å². The molecule has 0 bridgehead atoms. The maximum Gasteiger partial charge on any atom is 0.235 e. The second kappa shape index (κ2) is 6.45. The van der Waals surface area contributed by atoms with Crippen molar-refractivity contribution in [2.24, 2.45) is 12.5 Å². The topological polar surface area (TPSA) is 109 Å². The van der Waals surface area contributed by atoms with Crippen molar-refractivity contribution in [2.45, 2.75) is 33.8 Å². The summed E-state index contributed by atoms with van der Waals surface area (Å²) in [6.07, 6.45) is 4.07. The van der Waals surface area contributed by atoms with Gasteiger partial charge in [-0.3, -0.25) is 4.68 Å². The summed E-state index contributed by atoms with van der Waals surface area (Å²) < 4.78 is 14.1. The summed E-state index contributed by atoms with van der Waals surface area (Å²) in [5.41, 5.74) is 2.91. The maximum absolute atomic E-state index is 5.99. The molecule has 4 rings (SSSR count). The average Bonchev–Trinajstić information content (AvgIpc) is 3.31. The molecule has 27 heavy (non-hydrogen) atoms. The van der Waals surface area contributed by atoms with Crippen molar-refractivity contribution in [1.82, 2.24) is 40.0 Å². The van der Waals surface area contributed by atoms with Gasteiger partial charge in [-0.1, -0.05) is 31.1 Å². The van der Waals surface area contributed by atoms with E-state index in [-0.39, 0.29) is 12.0 Å². The van der Waals surface area contributed by atoms with Gasteiger partial charge in [-0.2, -0.15) is 4.52 Å². The monoisotopic (exact) mass is 368 g/mol. The number of nitrogens with zero attached hydrogens (tertiary/aromatic N) is 8. The molecule has 0 radical (unpaired) electrons. The summed E-state index contributed by atoms with van der Waals surface area (Å²) in [6.45, 7) is 6.75. The van der Waals surface area contributed by atoms with E-state index in [4.69, 9.17) is 9.26 Å². The van der Waals surface area contributed by atoms with E-state index in [0.29, 0.717) is 23.0 Å². The number of fused-ring (bicyclic) bond motifs is 1. The highest BCUT2D eigenvalue weighted by Crippen LogP contribution is 2.28. The molecule has 0 aromatic carbocycles. The molecule has 4 aromatic heterocycles. The first-order valence-corrected chi connectivity index (χ1v) is 8.53. The quantitative estimate of drug-likeness (QED) is 0.527. The summed E-state index contributed by atoms with van der Waals surface area (Å²) >= 11 is 0. The van der Waals surface area contributed by atoms with Crippen LogP contribution in [0.3, 0.4) is 0 Å². The Morgan fingerprint density at radius 1 is 1.19 bits per heavy atom. The van der Waals surface area contributed by atoms with Crippen LogP contribution in [-0.4, -0.2) is 40.0 Å². The van der Waals surface area contributed by atoms with Crippen molar-refractivity contribution < 1.29 is 9.26 Å². The SMILES string of the molecule is Cn1cc(COc2nn3c(-c4ccon4)nnc3cc2CC(C)(C)C)nn1. The van der Waals surface area contributed by atoms with Crippen LogP contribution >= 0.6 is 0 Å². The first-order valence-electron chi connectivity index (χ1n) is 8.53. The molecule has 0 spiro atoms. The zero-order valence-electron chi connectivity index (χ0n) is 15.6. The fourth-order valence-electron chi connectivity index (χ4n) is 2.76. The van der Waals surface area contributed by atoms with Crippen LogP contribution in [0.1, 0.15) is 32.0 Å². The number of aromatic nitrogens is 8. The fourth-order valence-corrected chi connectivity index (χ4v) is 2.76. The summed E-state index contributed by atoms with van der Waals surface area (Å²) in [7, 11) is 1.81. The molecule has 0 fully saturated rings. The molecule has 0 N–H and O–H groups in total. The van der Waals surface area contributed by atoms with Crippen molar-refractivity contribution in [2.75, 3.05) is 0 Å². The Kier molecular flexibility index (Phi) is 4.09. The lowest BCUT2D eigenvalue weighted by atomic mass is 9.89. The highest BCUT2D eigenvalue weighted by molar-refractivity contribution is 5.55. The highest BCUT2D eigenvalue weighted by atomic mass is 16.5. The molecular weight excluding hydrogens is 348 g/mol. The molecule has 0 atom stereocenters. The van der Waals surface area contributed by atoms with Gasteiger partial charge < -0.3 is 9.26 Å². The van der Waals surface area contributed by atoms with E-state index in [1.165, 1.54) is 6.26 Å². The Bertz CT molecular complexity index is 1060. The molecule has 10 heteroatoms. The second-order valence-electron chi connectivity index (χ2n) is 7.56. The van der Waals surface area contributed by atoms with Crippen LogP contribution in [0.5, 0.6) is 5.88 Å². The van der Waals surface area contributed by atoms with E-state index in [9.17, 15) is 0 Å². The van der Waals surface area contributed by atoms with Crippen LogP contribution in [0.25, 0.3) is 17.2 Å². The summed E-state index contributed by atoms with van der Waals surface area (Å²) in [6, 6.07) is 3.65. The van der Waals surface area contributed by atoms with E-state index in [1.54, 1.807) is 15.3 Å². The van der Waals surface area contributed by atoms with Crippen molar-refractivity contribution in [3.05, 3.63) is 35.9 Å². The average molecular weight is 368 g/mol. The first kappa shape index (κ1) is 17.1. The maximum atomic E-state index is 5.99. The predicted molar refractivity (Wildman–Crippen MR) is 94.8 cm³/mol. The number of ether oxygens (including phenoxy) is 1. The lowest BCUT2D eigenvalue weighted by Gasteiger charge is -2.19. The third-order valence-corrected chi connectivity index (χ3v) is 3.83. The van der Waals surface area contributed by atoms with E-state index in [1.807, 2.05) is 19.3 Å². The van der Waals surface area contributed by atoms with Gasteiger partial charge in [0, 0.05) is 18.7 Å². The molecule has 140 valence electrons. The smallest absolute Gasteiger partial charge is 0.235 e. The first-order chi connectivity index (χ1) is 12.9. The Morgan fingerprint density at radius 2 is 2.04 bits per heavy atom. The summed E-state index contributed by atoms with van der Waals surface area (Å²) in [5, 5.41) is 24.9. The van der Waals surface area contributed by atoms with Gasteiger partial charge in [0.15, 0.2) is 11.3 Å². The van der Waals surface area contributed by atoms with E-state index in [2.05, 4.69) is 51.5 Å². The molecule has 4 aromatic rings. The van der Waals surface area contributed by atoms with E-state index in [0.717, 1.165) is 17.7 Å². The number of hydrogen-bond donors (Lipinski definition) is 0. The molecule has 0 aliphatic carbocycles. The third kappa shape index (κ3) is 3.64. The van der Waals surface area contributed by atoms with Gasteiger partial charge in [0.25, 0.3) is 0 Å². The highest BCUT2D eigenvalue weighted by Gasteiger charge is 2.20. The van der Waals surface area contributed by atoms with E-state index < -0.39 is 0 Å². The van der Waals surface area contributed by atoms with Crippen LogP contribution in [0.15, 0.2) is 29.1 Å². The lowest BCUT2D eigenvalue weighted by Crippen LogP contribution is -2.13. The number of aryl methyl sites for hydroxylation is 1. The van der Waals surface area contributed by atoms with Crippen molar-refractivity contribution in [3.8, 4) is 17.4 Å². The van der Waals surface area contributed by atoms with Crippen LogP contribution in [0.4, 0.5) is 0 Å². The van der Waals surface area contributed by atoms with Crippen LogP contribution < -0.4 is 4.74 Å². The molecule has 10 nitrogen and oxygen atoms in total. The normalized spacial score (nSPS) is 12.0. The molecule has 0 amide bonds. The molecule has 0 aliphatic heterocycles. The van der Waals surface area contributed by atoms with Gasteiger partial charge >= 0.3 is 0 Å². The minimum Gasteiger partial charge on any atom is -0.470 e. The number of rotatable bonds is 5. The van der Waals surface area contributed by atoms with Crippen molar-refractivity contribution in [3.63, 3.8) is 0 Å². The van der Waals surface area contributed by atoms with Crippen LogP contribution in [-0.2, 0) is 20.1 Å². The molecule has 0 saturated heterocycles. The molecule has 0 saturated carbocycles. The second-order valence-corrected chi connectivity index (χ2v) is 7.56. The largest absolute Gasteiger partial charge is 0.470 e. The minimum absolute atomic E-state index is 0.0552. The Balaban J connectivity index is 1.74. The van der Waals surface area contributed by atoms with Crippen LogP contribution in [0.2, 0.25) is 0 Å². The minimum atomic E-state index is 0.0552. The van der Waals surface area contributed by atoms with E-state index >= 15 is 0 Å². The zero-order chi connectivity index (χ0) is 19.0. The lowest BCUT2D eigenvalue weighted by molar-refractivity contribution is 0.276. The van der Waals surface area contributed by atoms with Crippen molar-refractivity contribution in [1.29, 1.82) is 0 Å². The van der Waals surface area contributed by atoms with Gasteiger partial charge in [0.1, 0.15) is 18.6 Å². The fraction of sp³-hybridized carbons (Fsp3) is 0.412. The van der Waals surface area contributed by atoms with Crippen molar-refractivity contribution >= 4 is 5.65 Å². The molecule has 0 unspecified atom stereocenters. The van der Waals surface area contributed by atoms with Gasteiger partial charge in [-0.15, -0.1) is 20.4 Å². The Hall–Kier alpha value is -3.30. The predicted octanol–water partition coefficient (Wildman–Crippen LogP) is 2.08. The molecule has 4 heterocycles. The summed E-state index contributed by atoms with van der Waals surface area (Å²) in [5.74, 6) is 0.998. The van der Waals surface area contributed by atoms with Crippen LogP contribution in [0, 0.1) is 5.41 Å². The molecular formula is C17H20N8O2. The van der Waals surface area contributed by atoms with Gasteiger partial charge in [0.05, 0.1) is 6.20 Å². The molecule has 0 aliphatic rings. The number of hydrogen-bond acceptors (Lipinski definition) is 8.